The second-order valence-corrected chi connectivity index (χ2v) is 4.94. The Morgan fingerprint density at radius 3 is 2.59 bits per heavy atom. The molecule has 7 heteroatoms. The van der Waals surface area contributed by atoms with Gasteiger partial charge in [-0.05, 0) is 30.3 Å². The number of nitrogens with zero attached hydrogens (tertiary/aromatic N) is 3. The molecule has 2 aromatic rings. The zero-order valence-corrected chi connectivity index (χ0v) is 11.6. The Hall–Kier alpha value is -2.83. The van der Waals surface area contributed by atoms with Crippen LogP contribution in [0.2, 0.25) is 0 Å². The predicted molar refractivity (Wildman–Crippen MR) is 77.5 cm³/mol. The van der Waals surface area contributed by atoms with Crippen LogP contribution in [0, 0.1) is 11.7 Å². The van der Waals surface area contributed by atoms with E-state index in [0.717, 1.165) is 0 Å². The summed E-state index contributed by atoms with van der Waals surface area (Å²) in [5, 5.41) is 2.59. The van der Waals surface area contributed by atoms with E-state index in [0.29, 0.717) is 5.69 Å². The number of hydrogen-bond donors (Lipinski definition) is 1. The van der Waals surface area contributed by atoms with E-state index in [-0.39, 0.29) is 36.5 Å². The van der Waals surface area contributed by atoms with E-state index < -0.39 is 5.92 Å². The lowest BCUT2D eigenvalue weighted by Crippen LogP contribution is -2.28. The number of carbonyl (C=O) groups is 2. The lowest BCUT2D eigenvalue weighted by atomic mass is 10.1. The van der Waals surface area contributed by atoms with Crippen LogP contribution in [0.4, 0.5) is 16.0 Å². The summed E-state index contributed by atoms with van der Waals surface area (Å²) in [7, 11) is 0. The molecule has 0 bridgehead atoms. The molecule has 1 aliphatic heterocycles. The molecule has 1 atom stereocenters. The number of rotatable bonds is 3. The smallest absolute Gasteiger partial charge is 0.232 e. The molecule has 1 aliphatic rings. The van der Waals surface area contributed by atoms with Gasteiger partial charge in [-0.25, -0.2) is 14.4 Å². The Labute approximate surface area is 126 Å². The maximum Gasteiger partial charge on any atom is 0.232 e. The largest absolute Gasteiger partial charge is 0.312 e. The van der Waals surface area contributed by atoms with Gasteiger partial charge in [-0.15, -0.1) is 0 Å². The molecule has 3 rings (SSSR count). The first-order valence-electron chi connectivity index (χ1n) is 6.77. The van der Waals surface area contributed by atoms with Gasteiger partial charge in [0.15, 0.2) is 0 Å². The van der Waals surface area contributed by atoms with Crippen LogP contribution in [0.3, 0.4) is 0 Å². The number of aromatic nitrogens is 2. The van der Waals surface area contributed by atoms with Crippen LogP contribution < -0.4 is 10.2 Å². The zero-order chi connectivity index (χ0) is 15.5. The van der Waals surface area contributed by atoms with Gasteiger partial charge >= 0.3 is 0 Å². The highest BCUT2D eigenvalue weighted by molar-refractivity contribution is 6.03. The predicted octanol–water partition coefficient (Wildman–Crippen LogP) is 1.61. The van der Waals surface area contributed by atoms with Crippen LogP contribution in [-0.2, 0) is 9.59 Å². The van der Waals surface area contributed by atoms with Crippen molar-refractivity contribution in [2.75, 3.05) is 16.8 Å². The number of nitrogens with one attached hydrogen (secondary N) is 1. The van der Waals surface area contributed by atoms with Gasteiger partial charge in [-0.2, -0.15) is 0 Å². The number of halogens is 1. The molecule has 6 nitrogen and oxygen atoms in total. The van der Waals surface area contributed by atoms with E-state index in [4.69, 9.17) is 0 Å². The molecular formula is C15H13FN4O2. The van der Waals surface area contributed by atoms with Gasteiger partial charge in [0.25, 0.3) is 0 Å². The number of benzene rings is 1. The number of anilines is 2. The summed E-state index contributed by atoms with van der Waals surface area (Å²) in [6, 6.07) is 7.26. The molecule has 1 fully saturated rings. The van der Waals surface area contributed by atoms with Crippen LogP contribution in [-0.4, -0.2) is 28.3 Å². The third kappa shape index (κ3) is 2.93. The minimum atomic E-state index is -0.485. The number of hydrogen-bond acceptors (Lipinski definition) is 4. The minimum Gasteiger partial charge on any atom is -0.312 e. The Balaban J connectivity index is 1.69. The third-order valence-electron chi connectivity index (χ3n) is 3.43. The Kier molecular flexibility index (Phi) is 3.78. The summed E-state index contributed by atoms with van der Waals surface area (Å²) in [6.07, 6.45) is 3.15. The lowest BCUT2D eigenvalue weighted by Gasteiger charge is -2.16. The standard InChI is InChI=1S/C15H13FN4O2/c16-11-2-4-12(5-3-11)20-9-10(8-13(20)21)14(22)19-15-17-6-1-7-18-15/h1-7,10H,8-9H2,(H,17,18,19,22). The van der Waals surface area contributed by atoms with Crippen molar-refractivity contribution in [3.63, 3.8) is 0 Å². The topological polar surface area (TPSA) is 75.2 Å². The molecule has 1 unspecified atom stereocenters. The zero-order valence-electron chi connectivity index (χ0n) is 11.6. The Morgan fingerprint density at radius 1 is 1.23 bits per heavy atom. The van der Waals surface area contributed by atoms with Crippen LogP contribution in [0.25, 0.3) is 0 Å². The highest BCUT2D eigenvalue weighted by Gasteiger charge is 2.35. The van der Waals surface area contributed by atoms with E-state index in [1.165, 1.54) is 41.6 Å². The minimum absolute atomic E-state index is 0.107. The van der Waals surface area contributed by atoms with Gasteiger partial charge in [-0.1, -0.05) is 0 Å². The van der Waals surface area contributed by atoms with Crippen molar-refractivity contribution in [2.24, 2.45) is 5.92 Å². The molecule has 1 aromatic carbocycles. The molecular weight excluding hydrogens is 287 g/mol. The van der Waals surface area contributed by atoms with Gasteiger partial charge < -0.3 is 4.90 Å². The summed E-state index contributed by atoms with van der Waals surface area (Å²) in [5.41, 5.74) is 0.581. The second-order valence-electron chi connectivity index (χ2n) is 4.94. The normalized spacial score (nSPS) is 17.6. The fraction of sp³-hybridized carbons (Fsp3) is 0.200. The average Bonchev–Trinajstić information content (AvgIpc) is 2.91. The van der Waals surface area contributed by atoms with Crippen molar-refractivity contribution in [1.29, 1.82) is 0 Å². The first kappa shape index (κ1) is 14.1. The molecule has 2 heterocycles. The molecule has 0 spiro atoms. The van der Waals surface area contributed by atoms with E-state index in [2.05, 4.69) is 15.3 Å². The van der Waals surface area contributed by atoms with Crippen molar-refractivity contribution in [3.05, 3.63) is 48.5 Å². The molecule has 22 heavy (non-hydrogen) atoms. The van der Waals surface area contributed by atoms with Crippen molar-refractivity contribution >= 4 is 23.5 Å². The summed E-state index contributed by atoms with van der Waals surface area (Å²) in [5.74, 6) is -1.11. The van der Waals surface area contributed by atoms with Gasteiger partial charge in [0.2, 0.25) is 17.8 Å². The SMILES string of the molecule is O=C(Nc1ncccn1)C1CC(=O)N(c2ccc(F)cc2)C1. The molecule has 1 aromatic heterocycles. The van der Waals surface area contributed by atoms with Crippen LogP contribution in [0.5, 0.6) is 0 Å². The third-order valence-corrected chi connectivity index (χ3v) is 3.43. The molecule has 1 N–H and O–H groups in total. The maximum atomic E-state index is 12.9. The molecule has 0 saturated carbocycles. The van der Waals surface area contributed by atoms with Gasteiger partial charge in [-0.3, -0.25) is 14.9 Å². The highest BCUT2D eigenvalue weighted by atomic mass is 19.1. The van der Waals surface area contributed by atoms with E-state index in [1.54, 1.807) is 6.07 Å². The van der Waals surface area contributed by atoms with E-state index in [9.17, 15) is 14.0 Å². The van der Waals surface area contributed by atoms with Crippen molar-refractivity contribution < 1.29 is 14.0 Å². The van der Waals surface area contributed by atoms with E-state index >= 15 is 0 Å². The quantitative estimate of drug-likeness (QED) is 0.934. The summed E-state index contributed by atoms with van der Waals surface area (Å²) < 4.78 is 12.9. The van der Waals surface area contributed by atoms with Crippen LogP contribution >= 0.6 is 0 Å². The Morgan fingerprint density at radius 2 is 1.91 bits per heavy atom. The van der Waals surface area contributed by atoms with Crippen molar-refractivity contribution in [3.8, 4) is 0 Å². The van der Waals surface area contributed by atoms with Gasteiger partial charge in [0.1, 0.15) is 5.82 Å². The first-order chi connectivity index (χ1) is 10.6. The summed E-state index contributed by atoms with van der Waals surface area (Å²) in [4.78, 5) is 33.5. The fourth-order valence-electron chi connectivity index (χ4n) is 2.33. The Bertz CT molecular complexity index is 690. The molecule has 1 saturated heterocycles. The molecule has 0 aliphatic carbocycles. The summed E-state index contributed by atoms with van der Waals surface area (Å²) in [6.45, 7) is 0.253. The van der Waals surface area contributed by atoms with Crippen molar-refractivity contribution in [1.82, 2.24) is 9.97 Å². The average molecular weight is 300 g/mol. The summed E-state index contributed by atoms with van der Waals surface area (Å²) >= 11 is 0. The van der Waals surface area contributed by atoms with Crippen molar-refractivity contribution in [2.45, 2.75) is 6.42 Å². The number of amides is 2. The van der Waals surface area contributed by atoms with Gasteiger partial charge in [0.05, 0.1) is 5.92 Å². The number of carbonyl (C=O) groups excluding carboxylic acids is 2. The molecule has 112 valence electrons. The van der Waals surface area contributed by atoms with Gasteiger partial charge in [0, 0.05) is 31.0 Å². The maximum absolute atomic E-state index is 12.9. The van der Waals surface area contributed by atoms with E-state index in [1.807, 2.05) is 0 Å². The first-order valence-corrected chi connectivity index (χ1v) is 6.77. The highest BCUT2D eigenvalue weighted by Crippen LogP contribution is 2.25. The van der Waals surface area contributed by atoms with Crippen LogP contribution in [0.15, 0.2) is 42.7 Å². The lowest BCUT2D eigenvalue weighted by molar-refractivity contribution is -0.122. The molecule has 0 radical (unpaired) electrons. The molecule has 2 amide bonds. The monoisotopic (exact) mass is 300 g/mol. The fourth-order valence-corrected chi connectivity index (χ4v) is 2.33. The second kappa shape index (κ2) is 5.88. The van der Waals surface area contributed by atoms with Crippen LogP contribution in [0.1, 0.15) is 6.42 Å².